The van der Waals surface area contributed by atoms with E-state index >= 15 is 0 Å². The summed E-state index contributed by atoms with van der Waals surface area (Å²) in [4.78, 5) is 16.0. The number of amides is 1. The number of hydrogen-bond donors (Lipinski definition) is 3. The lowest BCUT2D eigenvalue weighted by Gasteiger charge is -2.15. The van der Waals surface area contributed by atoms with E-state index in [1.165, 1.54) is 38.5 Å². The molecule has 0 unspecified atom stereocenters. The summed E-state index contributed by atoms with van der Waals surface area (Å²) in [5.74, 6) is 0.879. The standard InChI is InChI=1S/C18H36N4O2.HI/c1-4-19-18(21-12-11-20-17(23)15(2)3)22-13-14-24-16-9-7-5-6-8-10-16;/h15-16H,4-14H2,1-3H3,(H,20,23)(H2,19,21,22);1H. The number of ether oxygens (including phenoxy) is 1. The van der Waals surface area contributed by atoms with Crippen LogP contribution < -0.4 is 16.0 Å². The molecule has 25 heavy (non-hydrogen) atoms. The Morgan fingerprint density at radius 1 is 1.08 bits per heavy atom. The zero-order valence-corrected chi connectivity index (χ0v) is 18.4. The first-order chi connectivity index (χ1) is 11.6. The SMILES string of the molecule is CCNC(=NCCOC1CCCCCC1)NCCNC(=O)C(C)C.I. The molecule has 0 radical (unpaired) electrons. The largest absolute Gasteiger partial charge is 0.376 e. The van der Waals surface area contributed by atoms with Crippen LogP contribution >= 0.6 is 24.0 Å². The van der Waals surface area contributed by atoms with E-state index in [0.29, 0.717) is 32.3 Å². The molecule has 0 saturated heterocycles. The van der Waals surface area contributed by atoms with E-state index in [-0.39, 0.29) is 35.8 Å². The lowest BCUT2D eigenvalue weighted by atomic mass is 10.1. The highest BCUT2D eigenvalue weighted by atomic mass is 127. The van der Waals surface area contributed by atoms with E-state index in [4.69, 9.17) is 4.74 Å². The molecular formula is C18H37IN4O2. The molecule has 1 saturated carbocycles. The van der Waals surface area contributed by atoms with E-state index in [2.05, 4.69) is 20.9 Å². The van der Waals surface area contributed by atoms with Crippen LogP contribution in [0.3, 0.4) is 0 Å². The minimum absolute atomic E-state index is 0. The number of aliphatic imine (C=N–C) groups is 1. The summed E-state index contributed by atoms with van der Waals surface area (Å²) in [7, 11) is 0. The first kappa shape index (κ1) is 24.4. The Hall–Kier alpha value is -0.570. The first-order valence-corrected chi connectivity index (χ1v) is 9.55. The van der Waals surface area contributed by atoms with Gasteiger partial charge in [0, 0.05) is 25.6 Å². The van der Waals surface area contributed by atoms with Crippen LogP contribution in [0.5, 0.6) is 0 Å². The number of halogens is 1. The summed E-state index contributed by atoms with van der Waals surface area (Å²) in [5.41, 5.74) is 0. The van der Waals surface area contributed by atoms with Gasteiger partial charge in [0.15, 0.2) is 5.96 Å². The smallest absolute Gasteiger partial charge is 0.222 e. The van der Waals surface area contributed by atoms with E-state index < -0.39 is 0 Å². The Balaban J connectivity index is 0.00000576. The van der Waals surface area contributed by atoms with Crippen LogP contribution in [-0.4, -0.2) is 50.8 Å². The molecule has 0 atom stereocenters. The van der Waals surface area contributed by atoms with Crippen LogP contribution in [0, 0.1) is 5.92 Å². The summed E-state index contributed by atoms with van der Waals surface area (Å²) in [6, 6.07) is 0. The Morgan fingerprint density at radius 3 is 2.32 bits per heavy atom. The quantitative estimate of drug-likeness (QED) is 0.160. The number of nitrogens with zero attached hydrogens (tertiary/aromatic N) is 1. The van der Waals surface area contributed by atoms with Crippen molar-refractivity contribution in [3.05, 3.63) is 0 Å². The maximum Gasteiger partial charge on any atom is 0.222 e. The van der Waals surface area contributed by atoms with Crippen molar-refractivity contribution in [2.24, 2.45) is 10.9 Å². The van der Waals surface area contributed by atoms with Gasteiger partial charge in [-0.3, -0.25) is 9.79 Å². The van der Waals surface area contributed by atoms with Gasteiger partial charge in [0.05, 0.1) is 19.3 Å². The second-order valence-corrected chi connectivity index (χ2v) is 6.62. The molecular weight excluding hydrogens is 431 g/mol. The average Bonchev–Trinajstić information content (AvgIpc) is 2.83. The van der Waals surface area contributed by atoms with Crippen LogP contribution in [0.4, 0.5) is 0 Å². The summed E-state index contributed by atoms with van der Waals surface area (Å²) >= 11 is 0. The predicted molar refractivity (Wildman–Crippen MR) is 115 cm³/mol. The van der Waals surface area contributed by atoms with E-state index in [1.807, 2.05) is 20.8 Å². The van der Waals surface area contributed by atoms with Crippen LogP contribution in [0.2, 0.25) is 0 Å². The molecule has 6 nitrogen and oxygen atoms in total. The highest BCUT2D eigenvalue weighted by molar-refractivity contribution is 14.0. The summed E-state index contributed by atoms with van der Waals surface area (Å²) in [6.45, 7) is 9.22. The number of carbonyl (C=O) groups is 1. The summed E-state index contributed by atoms with van der Waals surface area (Å²) in [6.07, 6.45) is 8.08. The van der Waals surface area contributed by atoms with Crippen molar-refractivity contribution in [1.82, 2.24) is 16.0 Å². The molecule has 1 rings (SSSR count). The number of nitrogens with one attached hydrogen (secondary N) is 3. The van der Waals surface area contributed by atoms with E-state index in [9.17, 15) is 4.79 Å². The van der Waals surface area contributed by atoms with Crippen molar-refractivity contribution >= 4 is 35.8 Å². The van der Waals surface area contributed by atoms with Gasteiger partial charge in [0.1, 0.15) is 0 Å². The minimum atomic E-state index is 0. The van der Waals surface area contributed by atoms with Gasteiger partial charge >= 0.3 is 0 Å². The molecule has 1 aliphatic rings. The van der Waals surface area contributed by atoms with Crippen LogP contribution in [-0.2, 0) is 9.53 Å². The molecule has 3 N–H and O–H groups in total. The van der Waals surface area contributed by atoms with Crippen LogP contribution in [0.25, 0.3) is 0 Å². The van der Waals surface area contributed by atoms with Crippen LogP contribution in [0.1, 0.15) is 59.3 Å². The molecule has 0 aliphatic heterocycles. The Kier molecular flexibility index (Phi) is 15.3. The van der Waals surface area contributed by atoms with Crippen molar-refractivity contribution in [3.8, 4) is 0 Å². The maximum absolute atomic E-state index is 11.5. The Bertz CT molecular complexity index is 370. The molecule has 0 aromatic carbocycles. The molecule has 0 bridgehead atoms. The van der Waals surface area contributed by atoms with Crippen molar-refractivity contribution < 1.29 is 9.53 Å². The fraction of sp³-hybridized carbons (Fsp3) is 0.889. The second kappa shape index (κ2) is 15.7. The van der Waals surface area contributed by atoms with Crippen molar-refractivity contribution in [2.45, 2.75) is 65.4 Å². The highest BCUT2D eigenvalue weighted by Crippen LogP contribution is 2.19. The zero-order chi connectivity index (χ0) is 17.6. The average molecular weight is 468 g/mol. The molecule has 148 valence electrons. The predicted octanol–water partition coefficient (Wildman–Crippen LogP) is 2.67. The molecule has 0 aromatic heterocycles. The van der Waals surface area contributed by atoms with Crippen molar-refractivity contribution in [3.63, 3.8) is 0 Å². The van der Waals surface area contributed by atoms with Gasteiger partial charge in [0.2, 0.25) is 5.91 Å². The van der Waals surface area contributed by atoms with Gasteiger partial charge in [-0.2, -0.15) is 0 Å². The molecule has 7 heteroatoms. The maximum atomic E-state index is 11.5. The highest BCUT2D eigenvalue weighted by Gasteiger charge is 2.12. The lowest BCUT2D eigenvalue weighted by molar-refractivity contribution is -0.123. The van der Waals surface area contributed by atoms with Crippen molar-refractivity contribution in [1.29, 1.82) is 0 Å². The van der Waals surface area contributed by atoms with E-state index in [1.54, 1.807) is 0 Å². The fourth-order valence-corrected chi connectivity index (χ4v) is 2.70. The van der Waals surface area contributed by atoms with Crippen LogP contribution in [0.15, 0.2) is 4.99 Å². The van der Waals surface area contributed by atoms with E-state index in [0.717, 1.165) is 12.5 Å². The Labute approximate surface area is 170 Å². The lowest BCUT2D eigenvalue weighted by Crippen LogP contribution is -2.42. The number of carbonyl (C=O) groups excluding carboxylic acids is 1. The molecule has 1 fully saturated rings. The van der Waals surface area contributed by atoms with Gasteiger partial charge in [-0.25, -0.2) is 0 Å². The first-order valence-electron chi connectivity index (χ1n) is 9.55. The fourth-order valence-electron chi connectivity index (χ4n) is 2.70. The third-order valence-electron chi connectivity index (χ3n) is 4.10. The molecule has 1 aliphatic carbocycles. The topological polar surface area (TPSA) is 74.8 Å². The van der Waals surface area contributed by atoms with Crippen molar-refractivity contribution in [2.75, 3.05) is 32.8 Å². The summed E-state index contributed by atoms with van der Waals surface area (Å²) < 4.78 is 5.96. The Morgan fingerprint density at radius 2 is 1.72 bits per heavy atom. The normalized spacial score (nSPS) is 16.1. The molecule has 0 aromatic rings. The molecule has 0 spiro atoms. The number of hydrogen-bond acceptors (Lipinski definition) is 3. The minimum Gasteiger partial charge on any atom is -0.376 e. The van der Waals surface area contributed by atoms with Gasteiger partial charge in [-0.05, 0) is 19.8 Å². The molecule has 0 heterocycles. The van der Waals surface area contributed by atoms with Gasteiger partial charge in [-0.1, -0.05) is 39.5 Å². The number of rotatable bonds is 9. The van der Waals surface area contributed by atoms with Gasteiger partial charge in [-0.15, -0.1) is 24.0 Å². The van der Waals surface area contributed by atoms with Gasteiger partial charge in [0.25, 0.3) is 0 Å². The zero-order valence-electron chi connectivity index (χ0n) is 16.1. The third-order valence-corrected chi connectivity index (χ3v) is 4.10. The third kappa shape index (κ3) is 12.4. The second-order valence-electron chi connectivity index (χ2n) is 6.62. The molecule has 1 amide bonds. The van der Waals surface area contributed by atoms with Gasteiger partial charge < -0.3 is 20.7 Å². The summed E-state index contributed by atoms with van der Waals surface area (Å²) in [5, 5.41) is 9.33. The number of guanidine groups is 1. The monoisotopic (exact) mass is 468 g/mol.